The van der Waals surface area contributed by atoms with E-state index in [1.807, 2.05) is 44.3 Å². The SMILES string of the molecule is CC(C)C(C[C@H](O)[C@H](Cc1c[nH]c2ccccc12)NBC=O)C(=O)O. The van der Waals surface area contributed by atoms with Gasteiger partial charge in [0, 0.05) is 23.1 Å². The van der Waals surface area contributed by atoms with Crippen LogP contribution >= 0.6 is 0 Å². The highest BCUT2D eigenvalue weighted by Gasteiger charge is 2.29. The summed E-state index contributed by atoms with van der Waals surface area (Å²) in [6.45, 7) is 3.66. The molecule has 0 bridgehead atoms. The van der Waals surface area contributed by atoms with Gasteiger partial charge in [0.05, 0.1) is 18.2 Å². The van der Waals surface area contributed by atoms with Crippen LogP contribution in [0.15, 0.2) is 30.5 Å². The Hall–Kier alpha value is -2.12. The van der Waals surface area contributed by atoms with Crippen LogP contribution in [-0.4, -0.2) is 46.9 Å². The Morgan fingerprint density at radius 1 is 1.36 bits per heavy atom. The molecule has 25 heavy (non-hydrogen) atoms. The number of aromatic nitrogens is 1. The highest BCUT2D eigenvalue weighted by Crippen LogP contribution is 2.23. The van der Waals surface area contributed by atoms with Gasteiger partial charge in [-0.05, 0) is 30.4 Å². The van der Waals surface area contributed by atoms with Crippen molar-refractivity contribution in [1.82, 2.24) is 10.2 Å². The number of para-hydroxylation sites is 1. The highest BCUT2D eigenvalue weighted by atomic mass is 16.4. The van der Waals surface area contributed by atoms with Gasteiger partial charge in [0.15, 0.2) is 0 Å². The van der Waals surface area contributed by atoms with Gasteiger partial charge < -0.3 is 25.2 Å². The van der Waals surface area contributed by atoms with E-state index >= 15 is 0 Å². The Bertz CT molecular complexity index is 716. The second kappa shape index (κ2) is 8.83. The maximum Gasteiger partial charge on any atom is 0.306 e. The fourth-order valence-corrected chi connectivity index (χ4v) is 3.16. The molecule has 0 fully saturated rings. The lowest BCUT2D eigenvalue weighted by molar-refractivity contribution is -0.144. The number of aliphatic hydroxyl groups excluding tert-OH is 1. The topological polar surface area (TPSA) is 102 Å². The zero-order chi connectivity index (χ0) is 18.4. The molecule has 0 aliphatic carbocycles. The minimum Gasteiger partial charge on any atom is -0.481 e. The lowest BCUT2D eigenvalue weighted by Crippen LogP contribution is -2.45. The Morgan fingerprint density at radius 2 is 2.08 bits per heavy atom. The zero-order valence-electron chi connectivity index (χ0n) is 14.6. The molecule has 0 radical (unpaired) electrons. The number of benzene rings is 1. The van der Waals surface area contributed by atoms with Crippen molar-refractivity contribution in [2.45, 2.75) is 38.8 Å². The van der Waals surface area contributed by atoms with Crippen LogP contribution in [0.1, 0.15) is 25.8 Å². The van der Waals surface area contributed by atoms with Crippen molar-refractivity contribution >= 4 is 30.5 Å². The first kappa shape index (κ1) is 19.2. The van der Waals surface area contributed by atoms with E-state index in [0.29, 0.717) is 6.42 Å². The summed E-state index contributed by atoms with van der Waals surface area (Å²) in [5.41, 5.74) is 2.03. The number of carbonyl (C=O) groups is 2. The molecule has 134 valence electrons. The van der Waals surface area contributed by atoms with Crippen molar-refractivity contribution in [2.75, 3.05) is 0 Å². The number of carboxylic acid groups (broad SMARTS) is 1. The average molecular weight is 344 g/mol. The molecule has 2 rings (SSSR count). The highest BCUT2D eigenvalue weighted by molar-refractivity contribution is 6.64. The van der Waals surface area contributed by atoms with Gasteiger partial charge in [0.2, 0.25) is 0 Å². The number of H-pyrrole nitrogens is 1. The van der Waals surface area contributed by atoms with Gasteiger partial charge in [0.1, 0.15) is 0 Å². The quantitative estimate of drug-likeness (QED) is 0.385. The smallest absolute Gasteiger partial charge is 0.306 e. The summed E-state index contributed by atoms with van der Waals surface area (Å²) >= 11 is 0. The summed E-state index contributed by atoms with van der Waals surface area (Å²) in [4.78, 5) is 25.3. The fraction of sp³-hybridized carbons (Fsp3) is 0.444. The number of hydrogen-bond acceptors (Lipinski definition) is 4. The van der Waals surface area contributed by atoms with Crippen molar-refractivity contribution in [3.05, 3.63) is 36.0 Å². The van der Waals surface area contributed by atoms with Gasteiger partial charge >= 0.3 is 5.97 Å². The van der Waals surface area contributed by atoms with Crippen LogP contribution in [-0.2, 0) is 16.0 Å². The minimum absolute atomic E-state index is 0.0769. The first-order chi connectivity index (χ1) is 11.9. The van der Waals surface area contributed by atoms with Crippen LogP contribution in [0.3, 0.4) is 0 Å². The van der Waals surface area contributed by atoms with Crippen LogP contribution in [0.25, 0.3) is 10.9 Å². The largest absolute Gasteiger partial charge is 0.481 e. The molecule has 0 saturated heterocycles. The van der Waals surface area contributed by atoms with Crippen LogP contribution in [0.4, 0.5) is 0 Å². The van der Waals surface area contributed by atoms with E-state index in [9.17, 15) is 19.8 Å². The molecular weight excluding hydrogens is 319 g/mol. The zero-order valence-corrected chi connectivity index (χ0v) is 14.6. The molecule has 7 heteroatoms. The van der Waals surface area contributed by atoms with E-state index < -0.39 is 24.0 Å². The second-order valence-electron chi connectivity index (χ2n) is 6.74. The molecule has 4 N–H and O–H groups in total. The van der Waals surface area contributed by atoms with E-state index in [4.69, 9.17) is 0 Å². The molecular formula is C18H25BN2O4. The Kier molecular flexibility index (Phi) is 6.78. The Morgan fingerprint density at radius 3 is 2.72 bits per heavy atom. The number of fused-ring (bicyclic) bond motifs is 1. The molecule has 0 amide bonds. The molecule has 1 aromatic heterocycles. The molecule has 2 aromatic rings. The van der Waals surface area contributed by atoms with Crippen LogP contribution in [0, 0.1) is 11.8 Å². The summed E-state index contributed by atoms with van der Waals surface area (Å²) in [5, 5.41) is 24.1. The van der Waals surface area contributed by atoms with E-state index in [2.05, 4.69) is 10.2 Å². The van der Waals surface area contributed by atoms with Gasteiger partial charge in [-0.2, -0.15) is 0 Å². The second-order valence-corrected chi connectivity index (χ2v) is 6.74. The van der Waals surface area contributed by atoms with Gasteiger partial charge in [-0.15, -0.1) is 0 Å². The Balaban J connectivity index is 2.17. The van der Waals surface area contributed by atoms with E-state index in [1.54, 1.807) is 0 Å². The third-order valence-electron chi connectivity index (χ3n) is 4.66. The third kappa shape index (κ3) is 4.93. The fourth-order valence-electron chi connectivity index (χ4n) is 3.16. The molecule has 6 nitrogen and oxygen atoms in total. The van der Waals surface area contributed by atoms with Crippen LogP contribution < -0.4 is 5.23 Å². The Labute approximate surface area is 147 Å². The lowest BCUT2D eigenvalue weighted by Gasteiger charge is -2.27. The van der Waals surface area contributed by atoms with Crippen molar-refractivity contribution in [3.63, 3.8) is 0 Å². The van der Waals surface area contributed by atoms with Crippen molar-refractivity contribution < 1.29 is 19.8 Å². The molecule has 0 aliphatic rings. The van der Waals surface area contributed by atoms with Gasteiger partial charge in [-0.3, -0.25) is 4.79 Å². The number of carbonyl (C=O) groups excluding carboxylic acids is 1. The number of aliphatic hydroxyl groups is 1. The summed E-state index contributed by atoms with van der Waals surface area (Å²) in [6, 6.07) is 7.47. The standard InChI is InChI=1S/C18H25BN2O4/c1-11(2)14(18(24)25)8-17(23)16(21-19-10-22)7-12-9-20-15-6-4-3-5-13(12)15/h3-6,9-11,14,16-17,19-21,23H,7-8H2,1-2H3,(H,24,25)/t14?,16-,17-/m0/s1. The van der Waals surface area contributed by atoms with Gasteiger partial charge in [-0.1, -0.05) is 32.0 Å². The normalized spacial score (nSPS) is 15.0. The number of aromatic amines is 1. The van der Waals surface area contributed by atoms with Crippen LogP contribution in [0.2, 0.25) is 0 Å². The minimum atomic E-state index is -0.907. The molecule has 3 atom stereocenters. The summed E-state index contributed by atoms with van der Waals surface area (Å²) in [5.74, 6) is -1.61. The van der Waals surface area contributed by atoms with Crippen molar-refractivity contribution in [3.8, 4) is 0 Å². The van der Waals surface area contributed by atoms with E-state index in [1.165, 1.54) is 0 Å². The number of nitrogens with one attached hydrogen (secondary N) is 2. The van der Waals surface area contributed by atoms with Crippen molar-refractivity contribution in [2.24, 2.45) is 11.8 Å². The summed E-state index contributed by atoms with van der Waals surface area (Å²) in [7, 11) is 0.115. The first-order valence-electron chi connectivity index (χ1n) is 8.57. The molecule has 0 saturated carbocycles. The van der Waals surface area contributed by atoms with Crippen LogP contribution in [0.5, 0.6) is 0 Å². The average Bonchev–Trinajstić information content (AvgIpc) is 2.98. The van der Waals surface area contributed by atoms with E-state index in [0.717, 1.165) is 22.7 Å². The summed E-state index contributed by atoms with van der Waals surface area (Å²) in [6.07, 6.45) is 2.42. The summed E-state index contributed by atoms with van der Waals surface area (Å²) < 4.78 is 0. The van der Waals surface area contributed by atoms with E-state index in [-0.39, 0.29) is 19.8 Å². The number of rotatable bonds is 10. The van der Waals surface area contributed by atoms with Gasteiger partial charge in [0.25, 0.3) is 7.41 Å². The third-order valence-corrected chi connectivity index (χ3v) is 4.66. The molecule has 1 unspecified atom stereocenters. The number of carboxylic acids is 1. The van der Waals surface area contributed by atoms with Crippen molar-refractivity contribution in [1.29, 1.82) is 0 Å². The maximum atomic E-state index is 11.4. The maximum absolute atomic E-state index is 11.4. The molecule has 1 heterocycles. The predicted octanol–water partition coefficient (Wildman–Crippen LogP) is 1.32. The molecule has 1 aromatic carbocycles. The molecule has 0 spiro atoms. The predicted molar refractivity (Wildman–Crippen MR) is 99.4 cm³/mol. The molecule has 0 aliphatic heterocycles. The number of aliphatic carboxylic acids is 1. The first-order valence-corrected chi connectivity index (χ1v) is 8.57. The lowest BCUT2D eigenvalue weighted by atomic mass is 9.84. The number of hydrogen-bond donors (Lipinski definition) is 4. The monoisotopic (exact) mass is 344 g/mol. The van der Waals surface area contributed by atoms with Gasteiger partial charge in [-0.25, -0.2) is 0 Å².